The summed E-state index contributed by atoms with van der Waals surface area (Å²) in [5.41, 5.74) is 13.9. The van der Waals surface area contributed by atoms with Crippen molar-refractivity contribution in [3.05, 3.63) is 60.3 Å². The summed E-state index contributed by atoms with van der Waals surface area (Å²) >= 11 is 0. The van der Waals surface area contributed by atoms with Gasteiger partial charge in [-0.05, 0) is 37.1 Å². The second-order valence-electron chi connectivity index (χ2n) is 7.58. The average Bonchev–Trinajstić information content (AvgIpc) is 2.78. The van der Waals surface area contributed by atoms with Gasteiger partial charge in [-0.2, -0.15) is 0 Å². The van der Waals surface area contributed by atoms with Crippen molar-refractivity contribution in [1.82, 2.24) is 15.0 Å². The molecule has 1 fully saturated rings. The maximum absolute atomic E-state index is 14.6. The first-order valence-corrected chi connectivity index (χ1v) is 10.2. The third-order valence-corrected chi connectivity index (χ3v) is 5.41. The lowest BCUT2D eigenvalue weighted by atomic mass is 9.91. The van der Waals surface area contributed by atoms with E-state index in [1.165, 1.54) is 6.33 Å². The number of amides is 1. The highest BCUT2D eigenvalue weighted by Crippen LogP contribution is 2.27. The molecule has 9 heteroatoms. The summed E-state index contributed by atoms with van der Waals surface area (Å²) in [5.74, 6) is -1.19. The van der Waals surface area contributed by atoms with Crippen LogP contribution in [0.4, 0.5) is 21.7 Å². The van der Waals surface area contributed by atoms with Gasteiger partial charge in [0.2, 0.25) is 0 Å². The Bertz CT molecular complexity index is 1060. The summed E-state index contributed by atoms with van der Waals surface area (Å²) in [6.07, 6.45) is 6.96. The molecule has 0 aliphatic heterocycles. The van der Waals surface area contributed by atoms with Crippen LogP contribution < -0.4 is 22.1 Å². The summed E-state index contributed by atoms with van der Waals surface area (Å²) in [6.45, 7) is 0. The monoisotopic (exact) mass is 421 g/mol. The second-order valence-corrected chi connectivity index (χ2v) is 7.58. The SMILES string of the molecule is NC(=O)c1cc(F)c(N[C@@H]2CCCC[C@@H]2N)nc1Nc1ccc(-c2ccncn2)cc1. The van der Waals surface area contributed by atoms with Crippen LogP contribution in [0, 0.1) is 5.82 Å². The predicted molar refractivity (Wildman–Crippen MR) is 117 cm³/mol. The molecule has 160 valence electrons. The average molecular weight is 421 g/mol. The van der Waals surface area contributed by atoms with Gasteiger partial charge in [-0.1, -0.05) is 25.0 Å². The van der Waals surface area contributed by atoms with Gasteiger partial charge >= 0.3 is 0 Å². The number of benzene rings is 1. The zero-order valence-electron chi connectivity index (χ0n) is 16.9. The molecule has 1 aromatic carbocycles. The van der Waals surface area contributed by atoms with Crippen LogP contribution in [0.2, 0.25) is 0 Å². The molecule has 0 radical (unpaired) electrons. The number of hydrogen-bond acceptors (Lipinski definition) is 7. The number of carbonyl (C=O) groups is 1. The van der Waals surface area contributed by atoms with E-state index in [9.17, 15) is 9.18 Å². The van der Waals surface area contributed by atoms with Crippen molar-refractivity contribution in [1.29, 1.82) is 0 Å². The molecule has 2 aromatic heterocycles. The third kappa shape index (κ3) is 4.77. The maximum atomic E-state index is 14.6. The Hall–Kier alpha value is -3.59. The molecule has 2 heterocycles. The minimum atomic E-state index is -0.771. The molecule has 1 aliphatic rings. The smallest absolute Gasteiger partial charge is 0.252 e. The number of aromatic nitrogens is 3. The van der Waals surface area contributed by atoms with Crippen LogP contribution >= 0.6 is 0 Å². The largest absolute Gasteiger partial charge is 0.365 e. The molecule has 1 aliphatic carbocycles. The molecule has 4 rings (SSSR count). The van der Waals surface area contributed by atoms with Gasteiger partial charge in [0.15, 0.2) is 11.6 Å². The predicted octanol–water partition coefficient (Wildman–Crippen LogP) is 3.20. The quantitative estimate of drug-likeness (QED) is 0.480. The fraction of sp³-hybridized carbons (Fsp3) is 0.273. The van der Waals surface area contributed by atoms with Crippen molar-refractivity contribution in [2.75, 3.05) is 10.6 Å². The van der Waals surface area contributed by atoms with E-state index in [1.54, 1.807) is 6.20 Å². The number of anilines is 3. The fourth-order valence-corrected chi connectivity index (χ4v) is 3.71. The Balaban J connectivity index is 1.59. The second kappa shape index (κ2) is 9.05. The van der Waals surface area contributed by atoms with Gasteiger partial charge in [0.25, 0.3) is 5.91 Å². The van der Waals surface area contributed by atoms with Crippen molar-refractivity contribution in [2.24, 2.45) is 11.5 Å². The number of rotatable bonds is 6. The van der Waals surface area contributed by atoms with Crippen molar-refractivity contribution in [2.45, 2.75) is 37.8 Å². The highest BCUT2D eigenvalue weighted by Gasteiger charge is 2.24. The summed E-state index contributed by atoms with van der Waals surface area (Å²) < 4.78 is 14.6. The van der Waals surface area contributed by atoms with Crippen LogP contribution in [0.5, 0.6) is 0 Å². The minimum absolute atomic E-state index is 0.0316. The zero-order valence-corrected chi connectivity index (χ0v) is 16.9. The molecule has 0 spiro atoms. The molecule has 1 saturated carbocycles. The van der Waals surface area contributed by atoms with Gasteiger partial charge < -0.3 is 22.1 Å². The van der Waals surface area contributed by atoms with Crippen LogP contribution in [0.3, 0.4) is 0 Å². The molecule has 8 nitrogen and oxygen atoms in total. The Morgan fingerprint density at radius 1 is 1.10 bits per heavy atom. The van der Waals surface area contributed by atoms with E-state index in [0.717, 1.165) is 43.0 Å². The number of nitrogens with two attached hydrogens (primary N) is 2. The molecular weight excluding hydrogens is 397 g/mol. The molecule has 2 atom stereocenters. The first-order valence-electron chi connectivity index (χ1n) is 10.2. The van der Waals surface area contributed by atoms with E-state index in [4.69, 9.17) is 11.5 Å². The van der Waals surface area contributed by atoms with E-state index in [0.29, 0.717) is 5.69 Å². The number of primary amides is 1. The van der Waals surface area contributed by atoms with Crippen molar-refractivity contribution < 1.29 is 9.18 Å². The first kappa shape index (κ1) is 20.7. The normalized spacial score (nSPS) is 18.4. The lowest BCUT2D eigenvalue weighted by Crippen LogP contribution is -2.43. The number of nitrogens with one attached hydrogen (secondary N) is 2. The highest BCUT2D eigenvalue weighted by atomic mass is 19.1. The van der Waals surface area contributed by atoms with Crippen LogP contribution in [0.1, 0.15) is 36.0 Å². The summed E-state index contributed by atoms with van der Waals surface area (Å²) in [5, 5.41) is 6.17. The standard InChI is InChI=1S/C22H24FN7O/c23-16-11-15(20(25)31)21(30-22(16)29-19-4-2-1-3-17(19)24)28-14-7-5-13(6-8-14)18-9-10-26-12-27-18/h5-12,17,19H,1-4,24H2,(H2,25,31)(H2,28,29,30)/t17-,19+/m0/s1. The third-order valence-electron chi connectivity index (χ3n) is 5.41. The van der Waals surface area contributed by atoms with E-state index >= 15 is 0 Å². The Morgan fingerprint density at radius 3 is 2.55 bits per heavy atom. The Labute approximate surface area is 179 Å². The van der Waals surface area contributed by atoms with Gasteiger partial charge in [0.05, 0.1) is 11.3 Å². The maximum Gasteiger partial charge on any atom is 0.252 e. The van der Waals surface area contributed by atoms with Crippen LogP contribution in [0.25, 0.3) is 11.3 Å². The van der Waals surface area contributed by atoms with E-state index in [-0.39, 0.29) is 29.3 Å². The van der Waals surface area contributed by atoms with E-state index in [1.807, 2.05) is 30.3 Å². The minimum Gasteiger partial charge on any atom is -0.365 e. The van der Waals surface area contributed by atoms with E-state index < -0.39 is 11.7 Å². The summed E-state index contributed by atoms with van der Waals surface area (Å²) in [6, 6.07) is 10.1. The molecule has 0 saturated heterocycles. The molecule has 31 heavy (non-hydrogen) atoms. The van der Waals surface area contributed by atoms with Gasteiger partial charge in [-0.25, -0.2) is 19.3 Å². The Kier molecular flexibility index (Phi) is 6.03. The summed E-state index contributed by atoms with van der Waals surface area (Å²) in [7, 11) is 0. The molecular formula is C22H24FN7O. The summed E-state index contributed by atoms with van der Waals surface area (Å²) in [4.78, 5) is 24.3. The van der Waals surface area contributed by atoms with Gasteiger partial charge in [-0.15, -0.1) is 0 Å². The number of pyridine rings is 1. The lowest BCUT2D eigenvalue weighted by molar-refractivity contribution is 0.100. The molecule has 3 aromatic rings. The van der Waals surface area contributed by atoms with Gasteiger partial charge in [0.1, 0.15) is 12.1 Å². The molecule has 6 N–H and O–H groups in total. The van der Waals surface area contributed by atoms with Gasteiger partial charge in [-0.3, -0.25) is 4.79 Å². The number of nitrogens with zero attached hydrogens (tertiary/aromatic N) is 3. The zero-order chi connectivity index (χ0) is 21.8. The number of carbonyl (C=O) groups excluding carboxylic acids is 1. The van der Waals surface area contributed by atoms with Crippen molar-refractivity contribution >= 4 is 23.2 Å². The first-order chi connectivity index (χ1) is 15.0. The highest BCUT2D eigenvalue weighted by molar-refractivity contribution is 5.98. The van der Waals surface area contributed by atoms with Crippen molar-refractivity contribution in [3.63, 3.8) is 0 Å². The molecule has 1 amide bonds. The van der Waals surface area contributed by atoms with Gasteiger partial charge in [0, 0.05) is 29.5 Å². The Morgan fingerprint density at radius 2 is 1.87 bits per heavy atom. The molecule has 0 bridgehead atoms. The van der Waals surface area contributed by atoms with E-state index in [2.05, 4.69) is 25.6 Å². The van der Waals surface area contributed by atoms with Crippen LogP contribution in [-0.4, -0.2) is 32.9 Å². The molecule has 0 unspecified atom stereocenters. The van der Waals surface area contributed by atoms with Crippen LogP contribution in [0.15, 0.2) is 48.9 Å². The fourth-order valence-electron chi connectivity index (χ4n) is 3.71. The van der Waals surface area contributed by atoms with Crippen molar-refractivity contribution in [3.8, 4) is 11.3 Å². The topological polar surface area (TPSA) is 132 Å². The number of halogens is 1. The number of hydrogen-bond donors (Lipinski definition) is 4. The van der Waals surface area contributed by atoms with Crippen LogP contribution in [-0.2, 0) is 0 Å². The lowest BCUT2D eigenvalue weighted by Gasteiger charge is -2.30.